The van der Waals surface area contributed by atoms with Crippen LogP contribution in [0, 0.1) is 0 Å². The first-order valence-electron chi connectivity index (χ1n) is 7.93. The minimum absolute atomic E-state index is 0.0963. The fraction of sp³-hybridized carbons (Fsp3) is 0.368. The van der Waals surface area contributed by atoms with E-state index in [0.29, 0.717) is 10.8 Å². The van der Waals surface area contributed by atoms with Crippen LogP contribution in [0.1, 0.15) is 30.5 Å². The normalized spacial score (nSPS) is 11.7. The Balaban J connectivity index is 1.98. The standard InChI is InChI=1S/C19H23ClO3S/c1-14(2)24(21,22)13-17-8-5-15(6-9-17)4-7-16-10-11-19(23-3)18(20)12-16/h5-6,8-12,14H,4,7,13H2,1-3H3. The second-order valence-corrected chi connectivity index (χ2v) is 9.11. The third-order valence-electron chi connectivity index (χ3n) is 4.03. The molecule has 0 fully saturated rings. The van der Waals surface area contributed by atoms with Gasteiger partial charge >= 0.3 is 0 Å². The van der Waals surface area contributed by atoms with Gasteiger partial charge in [0.05, 0.1) is 23.1 Å². The zero-order valence-corrected chi connectivity index (χ0v) is 15.8. The van der Waals surface area contributed by atoms with Crippen LogP contribution in [0.5, 0.6) is 5.75 Å². The maximum atomic E-state index is 12.0. The number of benzene rings is 2. The van der Waals surface area contributed by atoms with Crippen molar-refractivity contribution in [3.8, 4) is 5.75 Å². The Morgan fingerprint density at radius 1 is 0.958 bits per heavy atom. The van der Waals surface area contributed by atoms with E-state index in [4.69, 9.17) is 16.3 Å². The molecule has 0 radical (unpaired) electrons. The second kappa shape index (κ2) is 8.04. The van der Waals surface area contributed by atoms with E-state index in [0.717, 1.165) is 24.0 Å². The molecule has 0 aromatic heterocycles. The van der Waals surface area contributed by atoms with Gasteiger partial charge in [-0.25, -0.2) is 8.42 Å². The lowest BCUT2D eigenvalue weighted by Crippen LogP contribution is -2.15. The number of rotatable bonds is 7. The second-order valence-electron chi connectivity index (χ2n) is 6.14. The smallest absolute Gasteiger partial charge is 0.156 e. The molecule has 0 aliphatic carbocycles. The van der Waals surface area contributed by atoms with Crippen LogP contribution in [0.4, 0.5) is 0 Å². The number of sulfone groups is 1. The Labute approximate surface area is 149 Å². The van der Waals surface area contributed by atoms with Crippen LogP contribution in [0.3, 0.4) is 0 Å². The summed E-state index contributed by atoms with van der Waals surface area (Å²) >= 11 is 6.14. The average Bonchev–Trinajstić information content (AvgIpc) is 2.54. The summed E-state index contributed by atoms with van der Waals surface area (Å²) in [5.41, 5.74) is 3.15. The summed E-state index contributed by atoms with van der Waals surface area (Å²) in [6, 6.07) is 13.6. The van der Waals surface area contributed by atoms with Gasteiger partial charge < -0.3 is 4.74 Å². The summed E-state index contributed by atoms with van der Waals surface area (Å²) in [7, 11) is -1.46. The molecule has 2 aromatic carbocycles. The fourth-order valence-corrected chi connectivity index (χ4v) is 3.63. The van der Waals surface area contributed by atoms with E-state index < -0.39 is 9.84 Å². The highest BCUT2D eigenvalue weighted by Crippen LogP contribution is 2.25. The largest absolute Gasteiger partial charge is 0.495 e. The van der Waals surface area contributed by atoms with Crippen molar-refractivity contribution in [2.75, 3.05) is 7.11 Å². The number of halogens is 1. The van der Waals surface area contributed by atoms with E-state index in [1.165, 1.54) is 5.56 Å². The van der Waals surface area contributed by atoms with Crippen molar-refractivity contribution in [2.45, 2.75) is 37.7 Å². The molecule has 0 N–H and O–H groups in total. The van der Waals surface area contributed by atoms with Crippen molar-refractivity contribution < 1.29 is 13.2 Å². The van der Waals surface area contributed by atoms with Crippen LogP contribution in [-0.4, -0.2) is 20.8 Å². The molecular weight excluding hydrogens is 344 g/mol. The van der Waals surface area contributed by atoms with Gasteiger partial charge in [0.2, 0.25) is 0 Å². The molecule has 3 nitrogen and oxygen atoms in total. The summed E-state index contributed by atoms with van der Waals surface area (Å²) in [5.74, 6) is 0.773. The Bertz CT molecular complexity index is 781. The molecule has 5 heteroatoms. The summed E-state index contributed by atoms with van der Waals surface area (Å²) in [5, 5.41) is 0.265. The molecule has 0 spiro atoms. The molecule has 0 aliphatic rings. The van der Waals surface area contributed by atoms with Crippen LogP contribution in [0.2, 0.25) is 5.02 Å². The molecule has 0 bridgehead atoms. The third kappa shape index (κ3) is 4.99. The predicted octanol–water partition coefficient (Wildman–Crippen LogP) is 4.46. The van der Waals surface area contributed by atoms with Crippen molar-refractivity contribution in [3.05, 3.63) is 64.2 Å². The van der Waals surface area contributed by atoms with E-state index in [1.54, 1.807) is 21.0 Å². The maximum Gasteiger partial charge on any atom is 0.156 e. The van der Waals surface area contributed by atoms with Crippen LogP contribution in [0.25, 0.3) is 0 Å². The summed E-state index contributed by atoms with van der Waals surface area (Å²) in [6.07, 6.45) is 1.74. The molecule has 0 aliphatic heterocycles. The minimum atomic E-state index is -3.06. The SMILES string of the molecule is COc1ccc(CCc2ccc(CS(=O)(=O)C(C)C)cc2)cc1Cl. The number of ether oxygens (including phenoxy) is 1. The van der Waals surface area contributed by atoms with Crippen LogP contribution in [-0.2, 0) is 28.4 Å². The highest BCUT2D eigenvalue weighted by molar-refractivity contribution is 7.91. The average molecular weight is 367 g/mol. The minimum Gasteiger partial charge on any atom is -0.495 e. The first-order valence-corrected chi connectivity index (χ1v) is 10.0. The third-order valence-corrected chi connectivity index (χ3v) is 6.50. The predicted molar refractivity (Wildman–Crippen MR) is 99.6 cm³/mol. The molecule has 24 heavy (non-hydrogen) atoms. The number of hydrogen-bond acceptors (Lipinski definition) is 3. The molecule has 0 atom stereocenters. The molecule has 2 aromatic rings. The van der Waals surface area contributed by atoms with Gasteiger partial charge in [-0.05, 0) is 55.5 Å². The van der Waals surface area contributed by atoms with Crippen LogP contribution < -0.4 is 4.74 Å². The zero-order chi connectivity index (χ0) is 17.7. The molecule has 0 saturated carbocycles. The van der Waals surface area contributed by atoms with E-state index in [1.807, 2.05) is 42.5 Å². The molecular formula is C19H23ClO3S. The Kier molecular flexibility index (Phi) is 6.30. The number of aryl methyl sites for hydroxylation is 2. The van der Waals surface area contributed by atoms with E-state index >= 15 is 0 Å². The van der Waals surface area contributed by atoms with Gasteiger partial charge in [0.15, 0.2) is 9.84 Å². The lowest BCUT2D eigenvalue weighted by molar-refractivity contribution is 0.415. The van der Waals surface area contributed by atoms with Crippen LogP contribution >= 0.6 is 11.6 Å². The van der Waals surface area contributed by atoms with Gasteiger partial charge in [0, 0.05) is 0 Å². The Morgan fingerprint density at radius 3 is 2.04 bits per heavy atom. The molecule has 0 heterocycles. The van der Waals surface area contributed by atoms with Crippen molar-refractivity contribution in [1.82, 2.24) is 0 Å². The first-order chi connectivity index (χ1) is 11.3. The van der Waals surface area contributed by atoms with Crippen LogP contribution in [0.15, 0.2) is 42.5 Å². The lowest BCUT2D eigenvalue weighted by atomic mass is 10.0. The monoisotopic (exact) mass is 366 g/mol. The summed E-state index contributed by atoms with van der Waals surface area (Å²) < 4.78 is 29.1. The van der Waals surface area contributed by atoms with Crippen molar-refractivity contribution in [1.29, 1.82) is 0 Å². The van der Waals surface area contributed by atoms with Gasteiger partial charge in [-0.1, -0.05) is 41.9 Å². The Morgan fingerprint density at radius 2 is 1.50 bits per heavy atom. The highest BCUT2D eigenvalue weighted by atomic mass is 35.5. The molecule has 0 amide bonds. The van der Waals surface area contributed by atoms with Gasteiger partial charge in [-0.15, -0.1) is 0 Å². The molecule has 0 saturated heterocycles. The van der Waals surface area contributed by atoms with Gasteiger partial charge in [0.25, 0.3) is 0 Å². The van der Waals surface area contributed by atoms with Crippen molar-refractivity contribution in [3.63, 3.8) is 0 Å². The quantitative estimate of drug-likeness (QED) is 0.726. The topological polar surface area (TPSA) is 43.4 Å². The number of hydrogen-bond donors (Lipinski definition) is 0. The molecule has 2 rings (SSSR count). The molecule has 130 valence electrons. The van der Waals surface area contributed by atoms with Crippen molar-refractivity contribution >= 4 is 21.4 Å². The lowest BCUT2D eigenvalue weighted by Gasteiger charge is -2.09. The van der Waals surface area contributed by atoms with Gasteiger partial charge in [-0.2, -0.15) is 0 Å². The maximum absolute atomic E-state index is 12.0. The van der Waals surface area contributed by atoms with E-state index in [-0.39, 0.29) is 11.0 Å². The summed E-state index contributed by atoms with van der Waals surface area (Å²) in [6.45, 7) is 3.42. The van der Waals surface area contributed by atoms with Gasteiger partial charge in [-0.3, -0.25) is 0 Å². The first kappa shape index (κ1) is 18.8. The Hall–Kier alpha value is -1.52. The van der Waals surface area contributed by atoms with Gasteiger partial charge in [0.1, 0.15) is 5.75 Å². The highest BCUT2D eigenvalue weighted by Gasteiger charge is 2.16. The zero-order valence-electron chi connectivity index (χ0n) is 14.3. The van der Waals surface area contributed by atoms with Crippen molar-refractivity contribution in [2.24, 2.45) is 0 Å². The van der Waals surface area contributed by atoms with E-state index in [2.05, 4.69) is 0 Å². The molecule has 0 unspecified atom stereocenters. The number of methoxy groups -OCH3 is 1. The van der Waals surface area contributed by atoms with E-state index in [9.17, 15) is 8.42 Å². The fourth-order valence-electron chi connectivity index (χ4n) is 2.36. The summed E-state index contributed by atoms with van der Waals surface area (Å²) in [4.78, 5) is 0.